The van der Waals surface area contributed by atoms with Gasteiger partial charge in [-0.2, -0.15) is 0 Å². The minimum atomic E-state index is -1.07. The Hall–Kier alpha value is -2.73. The van der Waals surface area contributed by atoms with Crippen LogP contribution in [0.15, 0.2) is 36.4 Å². The third-order valence-corrected chi connectivity index (χ3v) is 6.16. The summed E-state index contributed by atoms with van der Waals surface area (Å²) in [6.45, 7) is 0. The minimum absolute atomic E-state index is 0.0506. The average molecular weight is 339 g/mol. The maximum Gasteiger partial charge on any atom is 0.348 e. The molecule has 3 N–H and O–H groups in total. The highest BCUT2D eigenvalue weighted by atomic mass is 32.1. The van der Waals surface area contributed by atoms with E-state index < -0.39 is 5.97 Å². The fraction of sp³-hybridized carbons (Fsp3) is 0.167. The number of carboxylic acids is 1. The zero-order valence-electron chi connectivity index (χ0n) is 12.4. The van der Waals surface area contributed by atoms with Crippen LogP contribution in [0.4, 0.5) is 0 Å². The van der Waals surface area contributed by atoms with Gasteiger partial charge in [-0.25, -0.2) is 9.36 Å². The Morgan fingerprint density at radius 1 is 1.08 bits per heavy atom. The molecule has 5 nitrogen and oxygen atoms in total. The lowest BCUT2D eigenvalue weighted by Crippen LogP contribution is -2.02. The van der Waals surface area contributed by atoms with E-state index in [-0.39, 0.29) is 28.5 Å². The summed E-state index contributed by atoms with van der Waals surface area (Å²) in [5, 5.41) is 31.8. The SMILES string of the molecule is O=C(O)c1sc2ccccc2c1-n1c(O)c2c(c1O)[C@H]1C=C[C@@H]2C1. The lowest BCUT2D eigenvalue weighted by molar-refractivity contribution is 0.0702. The zero-order valence-corrected chi connectivity index (χ0v) is 13.2. The van der Waals surface area contributed by atoms with Crippen molar-refractivity contribution < 1.29 is 20.1 Å². The number of nitrogens with zero attached hydrogens (tertiary/aromatic N) is 1. The number of benzene rings is 1. The third-order valence-electron chi connectivity index (χ3n) is 5.01. The number of carbonyl (C=O) groups is 1. The second kappa shape index (κ2) is 4.42. The van der Waals surface area contributed by atoms with Crippen molar-refractivity contribution in [2.24, 2.45) is 0 Å². The Balaban J connectivity index is 1.87. The van der Waals surface area contributed by atoms with Crippen molar-refractivity contribution in [2.75, 3.05) is 0 Å². The first-order chi connectivity index (χ1) is 11.6. The van der Waals surface area contributed by atoms with Gasteiger partial charge in [0.2, 0.25) is 11.8 Å². The monoisotopic (exact) mass is 339 g/mol. The predicted octanol–water partition coefficient (Wildman–Crippen LogP) is 3.94. The van der Waals surface area contributed by atoms with Crippen molar-refractivity contribution in [3.05, 3.63) is 52.4 Å². The van der Waals surface area contributed by atoms with Crippen molar-refractivity contribution in [1.29, 1.82) is 0 Å². The topological polar surface area (TPSA) is 82.7 Å². The van der Waals surface area contributed by atoms with Crippen LogP contribution in [0.2, 0.25) is 0 Å². The fourth-order valence-corrected chi connectivity index (χ4v) is 5.08. The summed E-state index contributed by atoms with van der Waals surface area (Å²) in [4.78, 5) is 11.8. The van der Waals surface area contributed by atoms with Crippen LogP contribution in [-0.2, 0) is 0 Å². The van der Waals surface area contributed by atoms with Crippen LogP contribution >= 0.6 is 11.3 Å². The van der Waals surface area contributed by atoms with E-state index in [9.17, 15) is 20.1 Å². The standard InChI is InChI=1S/C18H13NO4S/c20-16-12-8-5-6-9(7-8)13(12)17(21)19(16)14-10-3-1-2-4-11(10)24-15(14)18(22)23/h1-6,8-9,20-21H,7H2,(H,22,23)/t8-,9+. The Morgan fingerprint density at radius 2 is 1.71 bits per heavy atom. The number of hydrogen-bond acceptors (Lipinski definition) is 4. The molecule has 0 saturated carbocycles. The van der Waals surface area contributed by atoms with E-state index in [0.717, 1.165) is 33.6 Å². The molecule has 2 aliphatic rings. The highest BCUT2D eigenvalue weighted by molar-refractivity contribution is 7.21. The maximum atomic E-state index is 11.7. The molecular formula is C18H13NO4S. The van der Waals surface area contributed by atoms with Gasteiger partial charge < -0.3 is 15.3 Å². The molecule has 2 bridgehead atoms. The van der Waals surface area contributed by atoms with Crippen molar-refractivity contribution >= 4 is 27.4 Å². The van der Waals surface area contributed by atoms with Crippen LogP contribution in [0, 0.1) is 0 Å². The summed E-state index contributed by atoms with van der Waals surface area (Å²) in [5.74, 6) is -0.985. The summed E-state index contributed by atoms with van der Waals surface area (Å²) in [5.41, 5.74) is 1.80. The number of hydrogen-bond donors (Lipinski definition) is 3. The molecule has 120 valence electrons. The molecule has 24 heavy (non-hydrogen) atoms. The van der Waals surface area contributed by atoms with Gasteiger partial charge in [-0.3, -0.25) is 0 Å². The van der Waals surface area contributed by atoms with Gasteiger partial charge in [0.15, 0.2) is 0 Å². The molecule has 0 fully saturated rings. The molecule has 2 aromatic heterocycles. The van der Waals surface area contributed by atoms with Crippen LogP contribution in [0.25, 0.3) is 15.8 Å². The lowest BCUT2D eigenvalue weighted by atomic mass is 10.0. The first-order valence-corrected chi connectivity index (χ1v) is 8.49. The molecule has 2 heterocycles. The summed E-state index contributed by atoms with van der Waals surface area (Å²) in [6, 6.07) is 7.31. The highest BCUT2D eigenvalue weighted by Gasteiger charge is 2.42. The van der Waals surface area contributed by atoms with Crippen LogP contribution < -0.4 is 0 Å². The molecule has 0 radical (unpaired) electrons. The van der Waals surface area contributed by atoms with Gasteiger partial charge in [0, 0.05) is 33.0 Å². The van der Waals surface area contributed by atoms with Crippen molar-refractivity contribution in [3.63, 3.8) is 0 Å². The molecule has 2 atom stereocenters. The van der Waals surface area contributed by atoms with Gasteiger partial charge in [-0.1, -0.05) is 30.4 Å². The van der Waals surface area contributed by atoms with Gasteiger partial charge in [-0.15, -0.1) is 11.3 Å². The maximum absolute atomic E-state index is 11.7. The smallest absolute Gasteiger partial charge is 0.348 e. The number of fused-ring (bicyclic) bond motifs is 6. The van der Waals surface area contributed by atoms with Gasteiger partial charge in [0.25, 0.3) is 0 Å². The second-order valence-corrected chi connectivity index (χ2v) is 7.28. The van der Waals surface area contributed by atoms with E-state index in [1.54, 1.807) is 0 Å². The van der Waals surface area contributed by atoms with Crippen LogP contribution in [0.5, 0.6) is 11.8 Å². The minimum Gasteiger partial charge on any atom is -0.494 e. The van der Waals surface area contributed by atoms with E-state index in [0.29, 0.717) is 11.1 Å². The fourth-order valence-electron chi connectivity index (χ4n) is 4.05. The van der Waals surface area contributed by atoms with Crippen LogP contribution in [0.3, 0.4) is 0 Å². The number of aromatic carboxylic acids is 1. The second-order valence-electron chi connectivity index (χ2n) is 6.22. The molecule has 2 aliphatic carbocycles. The highest BCUT2D eigenvalue weighted by Crippen LogP contribution is 2.57. The molecule has 1 aromatic carbocycles. The Labute approximate surface area is 140 Å². The molecule has 0 aliphatic heterocycles. The molecule has 3 aromatic rings. The van der Waals surface area contributed by atoms with E-state index in [1.165, 1.54) is 4.57 Å². The summed E-state index contributed by atoms with van der Waals surface area (Å²) in [7, 11) is 0. The zero-order chi connectivity index (χ0) is 16.6. The number of allylic oxidation sites excluding steroid dienone is 2. The summed E-state index contributed by atoms with van der Waals surface area (Å²) < 4.78 is 2.11. The number of aromatic hydroxyl groups is 2. The van der Waals surface area contributed by atoms with E-state index in [4.69, 9.17) is 0 Å². The van der Waals surface area contributed by atoms with Gasteiger partial charge in [0.05, 0.1) is 5.69 Å². The first kappa shape index (κ1) is 13.7. The lowest BCUT2D eigenvalue weighted by Gasteiger charge is -2.10. The summed E-state index contributed by atoms with van der Waals surface area (Å²) >= 11 is 1.14. The predicted molar refractivity (Wildman–Crippen MR) is 90.7 cm³/mol. The van der Waals surface area contributed by atoms with E-state index >= 15 is 0 Å². The number of aromatic nitrogens is 1. The molecule has 5 rings (SSSR count). The average Bonchev–Trinajstić information content (AvgIpc) is 3.30. The molecule has 0 spiro atoms. The molecule has 0 unspecified atom stereocenters. The van der Waals surface area contributed by atoms with Crippen LogP contribution in [-0.4, -0.2) is 25.9 Å². The van der Waals surface area contributed by atoms with Gasteiger partial charge in [-0.05, 0) is 12.5 Å². The van der Waals surface area contributed by atoms with Gasteiger partial charge in [0.1, 0.15) is 4.88 Å². The number of rotatable bonds is 2. The molecule has 0 saturated heterocycles. The molecule has 0 amide bonds. The van der Waals surface area contributed by atoms with Crippen molar-refractivity contribution in [1.82, 2.24) is 4.57 Å². The van der Waals surface area contributed by atoms with Gasteiger partial charge >= 0.3 is 5.97 Å². The van der Waals surface area contributed by atoms with E-state index in [2.05, 4.69) is 0 Å². The summed E-state index contributed by atoms with van der Waals surface area (Å²) in [6.07, 6.45) is 4.95. The van der Waals surface area contributed by atoms with E-state index in [1.807, 2.05) is 36.4 Å². The quantitative estimate of drug-likeness (QED) is 0.618. The molecular weight excluding hydrogens is 326 g/mol. The largest absolute Gasteiger partial charge is 0.494 e. The Bertz CT molecular complexity index is 1020. The number of carboxylic acid groups (broad SMARTS) is 1. The molecule has 6 heteroatoms. The first-order valence-electron chi connectivity index (χ1n) is 7.68. The number of thiophene rings is 1. The Morgan fingerprint density at radius 3 is 2.33 bits per heavy atom. The van der Waals surface area contributed by atoms with Crippen molar-refractivity contribution in [3.8, 4) is 17.4 Å². The van der Waals surface area contributed by atoms with Crippen LogP contribution in [0.1, 0.15) is 39.1 Å². The Kier molecular flexibility index (Phi) is 2.52. The van der Waals surface area contributed by atoms with Crippen molar-refractivity contribution in [2.45, 2.75) is 18.3 Å². The normalized spacial score (nSPS) is 20.8. The third kappa shape index (κ3) is 1.51.